The van der Waals surface area contributed by atoms with E-state index in [-0.39, 0.29) is 5.43 Å². The van der Waals surface area contributed by atoms with E-state index in [2.05, 4.69) is 18.7 Å². The van der Waals surface area contributed by atoms with Gasteiger partial charge in [0.05, 0.1) is 0 Å². The second-order valence-electron chi connectivity index (χ2n) is 6.84. The first-order chi connectivity index (χ1) is 14.0. The van der Waals surface area contributed by atoms with Gasteiger partial charge in [0, 0.05) is 53.9 Å². The van der Waals surface area contributed by atoms with Crippen molar-refractivity contribution in [3.63, 3.8) is 0 Å². The first-order valence-corrected chi connectivity index (χ1v) is 9.58. The van der Waals surface area contributed by atoms with Gasteiger partial charge < -0.3 is 20.5 Å². The molecule has 2 aliphatic rings. The number of nitrogen functional groups attached to an aromatic ring is 1. The van der Waals surface area contributed by atoms with Gasteiger partial charge in [0.15, 0.2) is 16.8 Å². The standard InChI is InChI=1S/C23H22N4O2/c1-3-27(4-2)16-7-8-19-22(10-16)29-23-12-21(28)17(11-20(23)26-19)14-5-6-15(13-24)18(25)9-14/h5-13,24H,3-4,25H2,1-2H3. The van der Waals surface area contributed by atoms with Gasteiger partial charge >= 0.3 is 0 Å². The molecule has 4 rings (SSSR count). The molecule has 0 amide bonds. The molecule has 29 heavy (non-hydrogen) atoms. The van der Waals surface area contributed by atoms with Gasteiger partial charge in [0.1, 0.15) is 11.2 Å². The second kappa shape index (κ2) is 7.39. The quantitative estimate of drug-likeness (QED) is 0.301. The number of hydrogen-bond acceptors (Lipinski definition) is 6. The summed E-state index contributed by atoms with van der Waals surface area (Å²) in [6, 6.07) is 14.4. The molecule has 0 saturated carbocycles. The van der Waals surface area contributed by atoms with Crippen molar-refractivity contribution in [2.45, 2.75) is 13.8 Å². The summed E-state index contributed by atoms with van der Waals surface area (Å²) in [7, 11) is 0. The first kappa shape index (κ1) is 18.7. The summed E-state index contributed by atoms with van der Waals surface area (Å²) in [5.74, 6) is 0.451. The lowest BCUT2D eigenvalue weighted by atomic mass is 10.0. The highest BCUT2D eigenvalue weighted by molar-refractivity contribution is 5.88. The van der Waals surface area contributed by atoms with Crippen LogP contribution in [0.1, 0.15) is 19.4 Å². The van der Waals surface area contributed by atoms with Gasteiger partial charge in [-0.25, -0.2) is 4.98 Å². The Morgan fingerprint density at radius 3 is 2.59 bits per heavy atom. The van der Waals surface area contributed by atoms with Gasteiger partial charge in [-0.05, 0) is 43.7 Å². The van der Waals surface area contributed by atoms with Gasteiger partial charge in [0.25, 0.3) is 0 Å². The molecule has 6 nitrogen and oxygen atoms in total. The van der Waals surface area contributed by atoms with Crippen LogP contribution in [-0.2, 0) is 0 Å². The zero-order chi connectivity index (χ0) is 20.5. The molecular formula is C23H22N4O2. The van der Waals surface area contributed by atoms with Crippen molar-refractivity contribution < 1.29 is 4.42 Å². The van der Waals surface area contributed by atoms with E-state index in [1.807, 2.05) is 18.2 Å². The molecule has 2 aromatic carbocycles. The minimum atomic E-state index is -0.163. The van der Waals surface area contributed by atoms with E-state index >= 15 is 0 Å². The second-order valence-corrected chi connectivity index (χ2v) is 6.84. The zero-order valence-corrected chi connectivity index (χ0v) is 16.4. The summed E-state index contributed by atoms with van der Waals surface area (Å²) >= 11 is 0. The van der Waals surface area contributed by atoms with E-state index < -0.39 is 0 Å². The number of nitrogens with two attached hydrogens (primary N) is 1. The van der Waals surface area contributed by atoms with Gasteiger partial charge in [0.2, 0.25) is 0 Å². The molecule has 0 unspecified atom stereocenters. The highest BCUT2D eigenvalue weighted by Crippen LogP contribution is 2.30. The molecule has 1 aliphatic carbocycles. The first-order valence-electron chi connectivity index (χ1n) is 9.58. The average molecular weight is 386 g/mol. The van der Waals surface area contributed by atoms with Crippen LogP contribution in [0.5, 0.6) is 0 Å². The highest BCUT2D eigenvalue weighted by Gasteiger charge is 2.15. The van der Waals surface area contributed by atoms with Crippen molar-refractivity contribution in [2.75, 3.05) is 23.7 Å². The van der Waals surface area contributed by atoms with Crippen LogP contribution in [-0.4, -0.2) is 24.3 Å². The summed E-state index contributed by atoms with van der Waals surface area (Å²) in [4.78, 5) is 19.6. The number of hydrogen-bond donors (Lipinski definition) is 2. The fourth-order valence-electron chi connectivity index (χ4n) is 3.53. The minimum Gasteiger partial charge on any atom is -0.453 e. The van der Waals surface area contributed by atoms with E-state index in [0.717, 1.165) is 24.3 Å². The molecule has 0 fully saturated rings. The molecule has 1 heterocycles. The summed E-state index contributed by atoms with van der Waals surface area (Å²) in [5.41, 5.74) is 11.1. The lowest BCUT2D eigenvalue weighted by Crippen LogP contribution is -2.21. The Hall–Kier alpha value is -3.67. The molecular weight excluding hydrogens is 364 g/mol. The van der Waals surface area contributed by atoms with Crippen LogP contribution in [0.3, 0.4) is 0 Å². The molecule has 2 aromatic rings. The van der Waals surface area contributed by atoms with E-state index in [1.54, 1.807) is 24.3 Å². The highest BCUT2D eigenvalue weighted by atomic mass is 16.3. The van der Waals surface area contributed by atoms with Crippen molar-refractivity contribution >= 4 is 28.7 Å². The molecule has 0 saturated heterocycles. The topological polar surface area (TPSA) is 96.2 Å². The maximum atomic E-state index is 12.7. The number of benzene rings is 3. The van der Waals surface area contributed by atoms with Crippen molar-refractivity contribution in [1.82, 2.24) is 4.98 Å². The summed E-state index contributed by atoms with van der Waals surface area (Å²) in [6.45, 7) is 6.01. The molecule has 6 heteroatoms. The molecule has 0 atom stereocenters. The molecule has 146 valence electrons. The van der Waals surface area contributed by atoms with Crippen molar-refractivity contribution in [3.8, 4) is 22.6 Å². The summed E-state index contributed by atoms with van der Waals surface area (Å²) < 4.78 is 6.01. The fraction of sp³-hybridized carbons (Fsp3) is 0.174. The average Bonchev–Trinajstić information content (AvgIpc) is 2.72. The van der Waals surface area contributed by atoms with E-state index in [1.165, 1.54) is 12.3 Å². The van der Waals surface area contributed by atoms with Gasteiger partial charge in [-0.2, -0.15) is 0 Å². The lowest BCUT2D eigenvalue weighted by Gasteiger charge is -2.21. The molecule has 0 bridgehead atoms. The minimum absolute atomic E-state index is 0.163. The number of nitrogens with zero attached hydrogens (tertiary/aromatic N) is 2. The van der Waals surface area contributed by atoms with Crippen LogP contribution in [0.25, 0.3) is 33.7 Å². The van der Waals surface area contributed by atoms with Crippen LogP contribution in [0.15, 0.2) is 57.7 Å². The zero-order valence-electron chi connectivity index (χ0n) is 16.4. The van der Waals surface area contributed by atoms with Crippen molar-refractivity contribution in [3.05, 3.63) is 64.3 Å². The number of fused-ring (bicyclic) bond motifs is 2. The maximum Gasteiger partial charge on any atom is 0.190 e. The molecule has 0 aromatic heterocycles. The monoisotopic (exact) mass is 386 g/mol. The van der Waals surface area contributed by atoms with E-state index in [4.69, 9.17) is 20.5 Å². The van der Waals surface area contributed by atoms with Crippen LogP contribution < -0.4 is 16.1 Å². The summed E-state index contributed by atoms with van der Waals surface area (Å²) in [5, 5.41) is 7.36. The molecule has 0 spiro atoms. The van der Waals surface area contributed by atoms with Gasteiger partial charge in [-0.3, -0.25) is 4.79 Å². The summed E-state index contributed by atoms with van der Waals surface area (Å²) in [6.07, 6.45) is 1.19. The predicted octanol–water partition coefficient (Wildman–Crippen LogP) is 4.39. The van der Waals surface area contributed by atoms with Crippen molar-refractivity contribution in [2.24, 2.45) is 0 Å². The lowest BCUT2D eigenvalue weighted by molar-refractivity contribution is 0.612. The largest absolute Gasteiger partial charge is 0.453 e. The van der Waals surface area contributed by atoms with Crippen LogP contribution in [0.2, 0.25) is 0 Å². The molecule has 0 radical (unpaired) electrons. The van der Waals surface area contributed by atoms with E-state index in [0.29, 0.717) is 39.4 Å². The Kier molecular flexibility index (Phi) is 4.76. The smallest absolute Gasteiger partial charge is 0.190 e. The van der Waals surface area contributed by atoms with E-state index in [9.17, 15) is 4.79 Å². The number of aromatic nitrogens is 1. The Labute approximate surface area is 168 Å². The predicted molar refractivity (Wildman–Crippen MR) is 118 cm³/mol. The Morgan fingerprint density at radius 2 is 1.90 bits per heavy atom. The third kappa shape index (κ3) is 3.33. The Balaban J connectivity index is 1.86. The normalized spacial score (nSPS) is 11.1. The van der Waals surface area contributed by atoms with Crippen LogP contribution >= 0.6 is 0 Å². The number of anilines is 2. The van der Waals surface area contributed by atoms with Crippen molar-refractivity contribution in [1.29, 1.82) is 5.41 Å². The Bertz CT molecular complexity index is 1240. The maximum absolute atomic E-state index is 12.7. The molecule has 3 N–H and O–H groups in total. The van der Waals surface area contributed by atoms with Crippen LogP contribution in [0, 0.1) is 5.41 Å². The number of rotatable bonds is 5. The van der Waals surface area contributed by atoms with Crippen LogP contribution in [0.4, 0.5) is 11.4 Å². The SMILES string of the molecule is CCN(CC)c1ccc2nc3cc(-c4ccc(C=N)c(N)c4)c(=O)cc-3oc2c1. The third-order valence-corrected chi connectivity index (χ3v) is 5.15. The Morgan fingerprint density at radius 1 is 1.10 bits per heavy atom. The molecule has 1 aliphatic heterocycles. The van der Waals surface area contributed by atoms with Gasteiger partial charge in [-0.1, -0.05) is 12.1 Å². The fourth-order valence-corrected chi connectivity index (χ4v) is 3.53. The third-order valence-electron chi connectivity index (χ3n) is 5.15. The van der Waals surface area contributed by atoms with Gasteiger partial charge in [-0.15, -0.1) is 0 Å². The number of nitrogens with one attached hydrogen (secondary N) is 1.